The summed E-state index contributed by atoms with van der Waals surface area (Å²) in [6, 6.07) is 3.42. The summed E-state index contributed by atoms with van der Waals surface area (Å²) >= 11 is 7.56. The molecule has 0 radical (unpaired) electrons. The van der Waals surface area contributed by atoms with Gasteiger partial charge in [0.25, 0.3) is 0 Å². The molecule has 1 aromatic rings. The van der Waals surface area contributed by atoms with Crippen LogP contribution in [0.2, 0.25) is 4.34 Å². The first kappa shape index (κ1) is 19.1. The maximum atomic E-state index is 12.9. The lowest BCUT2D eigenvalue weighted by Gasteiger charge is -2.39. The molecule has 1 amide bonds. The van der Waals surface area contributed by atoms with Crippen molar-refractivity contribution in [2.45, 2.75) is 31.8 Å². The van der Waals surface area contributed by atoms with E-state index in [0.29, 0.717) is 26.1 Å². The van der Waals surface area contributed by atoms with Gasteiger partial charge >= 0.3 is 0 Å². The van der Waals surface area contributed by atoms with Crippen molar-refractivity contribution in [2.24, 2.45) is 0 Å². The number of nitrogens with zero attached hydrogens (tertiary/aromatic N) is 3. The first-order valence-electron chi connectivity index (χ1n) is 8.57. The Morgan fingerprint density at radius 1 is 1.20 bits per heavy atom. The minimum absolute atomic E-state index is 0.0380. The molecule has 0 saturated carbocycles. The second-order valence-corrected chi connectivity index (χ2v) is 10.4. The number of rotatable bonds is 4. The Hall–Kier alpha value is -0.670. The fourth-order valence-electron chi connectivity index (χ4n) is 3.54. The largest absolute Gasteiger partial charge is 0.339 e. The van der Waals surface area contributed by atoms with Crippen LogP contribution in [-0.2, 0) is 21.4 Å². The van der Waals surface area contributed by atoms with E-state index in [9.17, 15) is 13.2 Å². The summed E-state index contributed by atoms with van der Waals surface area (Å²) in [7, 11) is -3.34. The minimum atomic E-state index is -3.34. The standard InChI is InChI=1S/C16H24ClN3O3S2/c1-25(22,23)20-7-3-2-4-14(20)16(21)19-10-8-18(9-11-19)12-13-5-6-15(17)24-13/h5-6,14H,2-4,7-12H2,1H3. The van der Waals surface area contributed by atoms with E-state index in [1.165, 1.54) is 15.4 Å². The maximum absolute atomic E-state index is 12.9. The number of amides is 1. The molecule has 1 unspecified atom stereocenters. The Bertz CT molecular complexity index is 714. The molecular formula is C16H24ClN3O3S2. The van der Waals surface area contributed by atoms with Gasteiger partial charge in [0, 0.05) is 44.1 Å². The van der Waals surface area contributed by atoms with Gasteiger partial charge in [-0.3, -0.25) is 9.69 Å². The van der Waals surface area contributed by atoms with Gasteiger partial charge < -0.3 is 4.90 Å². The predicted molar refractivity (Wildman–Crippen MR) is 100 cm³/mol. The number of hydrogen-bond donors (Lipinski definition) is 0. The van der Waals surface area contributed by atoms with Crippen LogP contribution in [0, 0.1) is 0 Å². The summed E-state index contributed by atoms with van der Waals surface area (Å²) in [4.78, 5) is 18.2. The lowest BCUT2D eigenvalue weighted by molar-refractivity contribution is -0.138. The van der Waals surface area contributed by atoms with Crippen molar-refractivity contribution in [3.63, 3.8) is 0 Å². The summed E-state index contributed by atoms with van der Waals surface area (Å²) in [6.07, 6.45) is 3.55. The van der Waals surface area contributed by atoms with Crippen LogP contribution in [0.1, 0.15) is 24.1 Å². The van der Waals surface area contributed by atoms with E-state index in [2.05, 4.69) is 4.90 Å². The minimum Gasteiger partial charge on any atom is -0.339 e. The molecule has 3 rings (SSSR count). The number of carbonyl (C=O) groups excluding carboxylic acids is 1. The van der Waals surface area contributed by atoms with Gasteiger partial charge in [-0.25, -0.2) is 8.42 Å². The molecule has 1 atom stereocenters. The molecule has 2 aliphatic heterocycles. The molecule has 25 heavy (non-hydrogen) atoms. The summed E-state index contributed by atoms with van der Waals surface area (Å²) in [5.41, 5.74) is 0. The summed E-state index contributed by atoms with van der Waals surface area (Å²) in [6.45, 7) is 4.18. The zero-order valence-corrected chi connectivity index (χ0v) is 16.7. The van der Waals surface area contributed by atoms with Gasteiger partial charge in [-0.2, -0.15) is 4.31 Å². The van der Waals surface area contributed by atoms with Crippen molar-refractivity contribution in [1.29, 1.82) is 0 Å². The Balaban J connectivity index is 1.57. The topological polar surface area (TPSA) is 60.9 Å². The lowest BCUT2D eigenvalue weighted by Crippen LogP contribution is -2.56. The van der Waals surface area contributed by atoms with Crippen LogP contribution in [0.15, 0.2) is 12.1 Å². The van der Waals surface area contributed by atoms with E-state index in [1.54, 1.807) is 11.3 Å². The average molecular weight is 406 g/mol. The first-order valence-corrected chi connectivity index (χ1v) is 11.6. The van der Waals surface area contributed by atoms with Gasteiger partial charge in [0.1, 0.15) is 6.04 Å². The Morgan fingerprint density at radius 3 is 2.52 bits per heavy atom. The molecule has 1 aromatic heterocycles. The van der Waals surface area contributed by atoms with Gasteiger partial charge in [-0.15, -0.1) is 11.3 Å². The molecule has 0 aromatic carbocycles. The van der Waals surface area contributed by atoms with Crippen molar-refractivity contribution in [2.75, 3.05) is 39.0 Å². The maximum Gasteiger partial charge on any atom is 0.241 e. The highest BCUT2D eigenvalue weighted by Gasteiger charge is 2.37. The molecule has 2 aliphatic rings. The highest BCUT2D eigenvalue weighted by atomic mass is 35.5. The molecule has 2 saturated heterocycles. The van der Waals surface area contributed by atoms with Crippen molar-refractivity contribution in [3.8, 4) is 0 Å². The lowest BCUT2D eigenvalue weighted by atomic mass is 10.0. The summed E-state index contributed by atoms with van der Waals surface area (Å²) in [5, 5.41) is 0. The van der Waals surface area contributed by atoms with E-state index >= 15 is 0 Å². The average Bonchev–Trinajstić information content (AvgIpc) is 2.99. The normalized spacial score (nSPS) is 23.8. The van der Waals surface area contributed by atoms with Gasteiger partial charge in [-0.1, -0.05) is 18.0 Å². The van der Waals surface area contributed by atoms with Crippen LogP contribution in [-0.4, -0.2) is 73.5 Å². The van der Waals surface area contributed by atoms with Crippen LogP contribution < -0.4 is 0 Å². The predicted octanol–water partition coefficient (Wildman–Crippen LogP) is 1.86. The van der Waals surface area contributed by atoms with E-state index in [-0.39, 0.29) is 5.91 Å². The number of piperidine rings is 1. The van der Waals surface area contributed by atoms with E-state index in [1.807, 2.05) is 17.0 Å². The molecule has 0 bridgehead atoms. The molecule has 6 nitrogen and oxygen atoms in total. The summed E-state index contributed by atoms with van der Waals surface area (Å²) in [5.74, 6) is -0.0380. The third kappa shape index (κ3) is 4.74. The summed E-state index contributed by atoms with van der Waals surface area (Å²) < 4.78 is 26.1. The molecule has 3 heterocycles. The highest BCUT2D eigenvalue weighted by molar-refractivity contribution is 7.88. The quantitative estimate of drug-likeness (QED) is 0.767. The number of hydrogen-bond acceptors (Lipinski definition) is 5. The third-order valence-electron chi connectivity index (χ3n) is 4.86. The number of piperazine rings is 1. The fourth-order valence-corrected chi connectivity index (χ4v) is 5.79. The zero-order chi connectivity index (χ0) is 18.0. The molecule has 0 N–H and O–H groups in total. The van der Waals surface area contributed by atoms with Gasteiger partial charge in [-0.05, 0) is 25.0 Å². The van der Waals surface area contributed by atoms with Crippen LogP contribution in [0.3, 0.4) is 0 Å². The van der Waals surface area contributed by atoms with E-state index in [4.69, 9.17) is 11.6 Å². The van der Waals surface area contributed by atoms with E-state index in [0.717, 1.165) is 36.8 Å². The Morgan fingerprint density at radius 2 is 1.92 bits per heavy atom. The molecular weight excluding hydrogens is 382 g/mol. The second kappa shape index (κ2) is 7.92. The second-order valence-electron chi connectivity index (χ2n) is 6.69. The molecule has 2 fully saturated rings. The Labute approximate surface area is 158 Å². The molecule has 140 valence electrons. The van der Waals surface area contributed by atoms with Gasteiger partial charge in [0.15, 0.2) is 0 Å². The fraction of sp³-hybridized carbons (Fsp3) is 0.688. The zero-order valence-electron chi connectivity index (χ0n) is 14.4. The van der Waals surface area contributed by atoms with Crippen LogP contribution >= 0.6 is 22.9 Å². The molecule has 0 spiro atoms. The number of thiophene rings is 1. The molecule has 9 heteroatoms. The number of carbonyl (C=O) groups is 1. The molecule has 0 aliphatic carbocycles. The van der Waals surface area contributed by atoms with Crippen LogP contribution in [0.4, 0.5) is 0 Å². The van der Waals surface area contributed by atoms with Gasteiger partial charge in [0.05, 0.1) is 10.6 Å². The highest BCUT2D eigenvalue weighted by Crippen LogP contribution is 2.24. The monoisotopic (exact) mass is 405 g/mol. The van der Waals surface area contributed by atoms with Crippen molar-refractivity contribution < 1.29 is 13.2 Å². The number of halogens is 1. The van der Waals surface area contributed by atoms with Gasteiger partial charge in [0.2, 0.25) is 15.9 Å². The smallest absolute Gasteiger partial charge is 0.241 e. The van der Waals surface area contributed by atoms with Crippen LogP contribution in [0.25, 0.3) is 0 Å². The Kier molecular flexibility index (Phi) is 6.05. The third-order valence-corrected chi connectivity index (χ3v) is 7.36. The van der Waals surface area contributed by atoms with Crippen molar-refractivity contribution in [1.82, 2.24) is 14.1 Å². The van der Waals surface area contributed by atoms with Crippen LogP contribution in [0.5, 0.6) is 0 Å². The SMILES string of the molecule is CS(=O)(=O)N1CCCCC1C(=O)N1CCN(Cc2ccc(Cl)s2)CC1. The van der Waals surface area contributed by atoms with E-state index < -0.39 is 16.1 Å². The first-order chi connectivity index (χ1) is 11.8. The van der Waals surface area contributed by atoms with Crippen molar-refractivity contribution in [3.05, 3.63) is 21.3 Å². The number of sulfonamides is 1. The van der Waals surface area contributed by atoms with Crippen molar-refractivity contribution >= 4 is 38.9 Å².